The van der Waals surface area contributed by atoms with Crippen LogP contribution in [0.25, 0.3) is 11.1 Å². The molecule has 0 heterocycles. The van der Waals surface area contributed by atoms with E-state index in [1.165, 1.54) is 0 Å². The van der Waals surface area contributed by atoms with Gasteiger partial charge in [0.15, 0.2) is 0 Å². The number of hydrogen-bond acceptors (Lipinski definition) is 8. The fourth-order valence-electron chi connectivity index (χ4n) is 4.26. The molecule has 0 aliphatic carbocycles. The molecular weight excluding hydrogens is 484 g/mol. The molecule has 0 atom stereocenters. The van der Waals surface area contributed by atoms with Crippen LogP contribution in [-0.2, 0) is 35.4 Å². The van der Waals surface area contributed by atoms with Crippen molar-refractivity contribution in [1.29, 1.82) is 0 Å². The van der Waals surface area contributed by atoms with Gasteiger partial charge in [0.05, 0.1) is 39.6 Å². The van der Waals surface area contributed by atoms with Crippen molar-refractivity contribution < 1.29 is 29.9 Å². The molecule has 2 aromatic rings. The SMILES string of the molecule is C=CCc1cc(CN(C)CCOCCO)c(O)c(-c2cc(CC=C)cc(CN(C)CCOCCO)c2O)c1. The average molecular weight is 529 g/mol. The lowest BCUT2D eigenvalue weighted by atomic mass is 9.92. The summed E-state index contributed by atoms with van der Waals surface area (Å²) < 4.78 is 10.8. The third kappa shape index (κ3) is 9.87. The summed E-state index contributed by atoms with van der Waals surface area (Å²) in [7, 11) is 3.89. The van der Waals surface area contributed by atoms with Crippen LogP contribution in [0.1, 0.15) is 22.3 Å². The van der Waals surface area contributed by atoms with Crippen LogP contribution in [0.2, 0.25) is 0 Å². The number of phenols is 2. The smallest absolute Gasteiger partial charge is 0.128 e. The van der Waals surface area contributed by atoms with Gasteiger partial charge in [-0.2, -0.15) is 0 Å². The topological polar surface area (TPSA) is 106 Å². The van der Waals surface area contributed by atoms with Crippen molar-refractivity contribution in [2.75, 3.05) is 66.8 Å². The second-order valence-corrected chi connectivity index (χ2v) is 9.44. The van der Waals surface area contributed by atoms with Crippen LogP contribution in [0.3, 0.4) is 0 Å². The van der Waals surface area contributed by atoms with Gasteiger partial charge in [0, 0.05) is 48.4 Å². The Morgan fingerprint density at radius 2 is 1.08 bits per heavy atom. The van der Waals surface area contributed by atoms with Crippen molar-refractivity contribution in [1.82, 2.24) is 9.80 Å². The Bertz CT molecular complexity index is 945. The summed E-state index contributed by atoms with van der Waals surface area (Å²) in [6.45, 7) is 11.5. The summed E-state index contributed by atoms with van der Waals surface area (Å²) in [4.78, 5) is 4.09. The molecule has 210 valence electrons. The highest BCUT2D eigenvalue weighted by molar-refractivity contribution is 5.79. The number of allylic oxidation sites excluding steroid dienone is 2. The van der Waals surface area contributed by atoms with Crippen LogP contribution in [-0.4, -0.2) is 97.1 Å². The quantitative estimate of drug-likeness (QED) is 0.163. The van der Waals surface area contributed by atoms with Crippen LogP contribution in [0.4, 0.5) is 0 Å². The molecule has 0 radical (unpaired) electrons. The molecule has 0 bridgehead atoms. The minimum atomic E-state index is -0.0128. The third-order valence-corrected chi connectivity index (χ3v) is 6.13. The maximum absolute atomic E-state index is 11.4. The highest BCUT2D eigenvalue weighted by atomic mass is 16.5. The van der Waals surface area contributed by atoms with E-state index >= 15 is 0 Å². The van der Waals surface area contributed by atoms with Crippen LogP contribution < -0.4 is 0 Å². The number of benzene rings is 2. The fourth-order valence-corrected chi connectivity index (χ4v) is 4.26. The van der Waals surface area contributed by atoms with Gasteiger partial charge in [-0.3, -0.25) is 9.80 Å². The molecule has 0 saturated carbocycles. The number of nitrogens with zero attached hydrogens (tertiary/aromatic N) is 2. The number of likely N-dealkylation sites (N-methyl/N-ethyl adjacent to an activating group) is 2. The number of phenolic OH excluding ortho intramolecular Hbond substituents is 2. The van der Waals surface area contributed by atoms with E-state index < -0.39 is 0 Å². The molecule has 38 heavy (non-hydrogen) atoms. The lowest BCUT2D eigenvalue weighted by Crippen LogP contribution is -2.23. The molecule has 2 aromatic carbocycles. The Hall–Kier alpha value is -2.72. The number of aliphatic hydroxyl groups is 2. The molecule has 0 unspecified atom stereocenters. The van der Waals surface area contributed by atoms with Crippen molar-refractivity contribution in [3.8, 4) is 22.6 Å². The van der Waals surface area contributed by atoms with Gasteiger partial charge in [0.1, 0.15) is 11.5 Å². The summed E-state index contributed by atoms with van der Waals surface area (Å²) in [5, 5.41) is 40.6. The summed E-state index contributed by atoms with van der Waals surface area (Å²) in [6, 6.07) is 7.76. The van der Waals surface area contributed by atoms with Gasteiger partial charge in [-0.05, 0) is 50.2 Å². The number of hydrogen-bond donors (Lipinski definition) is 4. The Morgan fingerprint density at radius 1 is 0.684 bits per heavy atom. The molecule has 0 fully saturated rings. The Kier molecular flexibility index (Phi) is 14.1. The highest BCUT2D eigenvalue weighted by Crippen LogP contribution is 2.41. The van der Waals surface area contributed by atoms with Gasteiger partial charge < -0.3 is 29.9 Å². The molecular formula is C30H44N2O6. The first kappa shape index (κ1) is 31.5. The first-order chi connectivity index (χ1) is 18.3. The van der Waals surface area contributed by atoms with Crippen molar-refractivity contribution in [2.45, 2.75) is 25.9 Å². The Balaban J connectivity index is 2.43. The minimum absolute atomic E-state index is 0.0128. The first-order valence-corrected chi connectivity index (χ1v) is 13.0. The third-order valence-electron chi connectivity index (χ3n) is 6.13. The molecule has 2 rings (SSSR count). The lowest BCUT2D eigenvalue weighted by Gasteiger charge is -2.22. The molecule has 8 nitrogen and oxygen atoms in total. The fraction of sp³-hybridized carbons (Fsp3) is 0.467. The number of rotatable bonds is 19. The largest absolute Gasteiger partial charge is 0.507 e. The Labute approximate surface area is 227 Å². The summed E-state index contributed by atoms with van der Waals surface area (Å²) >= 11 is 0. The van der Waals surface area contributed by atoms with Gasteiger partial charge in [-0.15, -0.1) is 13.2 Å². The van der Waals surface area contributed by atoms with E-state index in [1.54, 1.807) is 0 Å². The number of ether oxygens (including phenoxy) is 2. The monoisotopic (exact) mass is 528 g/mol. The van der Waals surface area contributed by atoms with E-state index in [-0.39, 0.29) is 24.7 Å². The predicted octanol–water partition coefficient (Wildman–Crippen LogP) is 3.10. The van der Waals surface area contributed by atoms with E-state index in [1.807, 2.05) is 60.3 Å². The van der Waals surface area contributed by atoms with E-state index in [0.29, 0.717) is 76.6 Å². The maximum Gasteiger partial charge on any atom is 0.128 e. The van der Waals surface area contributed by atoms with E-state index in [9.17, 15) is 10.2 Å². The first-order valence-electron chi connectivity index (χ1n) is 13.0. The summed E-state index contributed by atoms with van der Waals surface area (Å²) in [5.74, 6) is 0.257. The van der Waals surface area contributed by atoms with Gasteiger partial charge in [-0.25, -0.2) is 0 Å². The standard InChI is InChI=1S/C30H44N2O6/c1-5-7-23-17-25(21-31(3)9-13-37-15-11-33)29(35)27(19-23)28-20-24(8-6-2)18-26(30(28)36)22-32(4)10-14-38-16-12-34/h5-6,17-20,33-36H,1-2,7-16,21-22H2,3-4H3. The van der Waals surface area contributed by atoms with Gasteiger partial charge in [0.2, 0.25) is 0 Å². The lowest BCUT2D eigenvalue weighted by molar-refractivity contribution is 0.0771. The molecule has 0 aliphatic rings. The van der Waals surface area contributed by atoms with Crippen LogP contribution in [0, 0.1) is 0 Å². The summed E-state index contributed by atoms with van der Waals surface area (Å²) in [6.07, 6.45) is 4.89. The van der Waals surface area contributed by atoms with E-state index in [2.05, 4.69) is 13.2 Å². The molecule has 0 spiro atoms. The molecule has 0 saturated heterocycles. The molecule has 0 aliphatic heterocycles. The van der Waals surface area contributed by atoms with Gasteiger partial charge in [-0.1, -0.05) is 24.3 Å². The number of aromatic hydroxyl groups is 2. The number of aliphatic hydroxyl groups excluding tert-OH is 2. The van der Waals surface area contributed by atoms with Crippen LogP contribution in [0.5, 0.6) is 11.5 Å². The maximum atomic E-state index is 11.4. The van der Waals surface area contributed by atoms with E-state index in [0.717, 1.165) is 22.3 Å². The summed E-state index contributed by atoms with van der Waals surface area (Å²) in [5.41, 5.74) is 4.61. The van der Waals surface area contributed by atoms with Crippen LogP contribution >= 0.6 is 0 Å². The van der Waals surface area contributed by atoms with E-state index in [4.69, 9.17) is 19.7 Å². The molecule has 4 N–H and O–H groups in total. The van der Waals surface area contributed by atoms with Crippen LogP contribution in [0.15, 0.2) is 49.6 Å². The second kappa shape index (κ2) is 17.0. The zero-order valence-electron chi connectivity index (χ0n) is 22.9. The average Bonchev–Trinajstić information content (AvgIpc) is 2.88. The zero-order chi connectivity index (χ0) is 27.9. The normalized spacial score (nSPS) is 11.4. The second-order valence-electron chi connectivity index (χ2n) is 9.44. The van der Waals surface area contributed by atoms with Crippen molar-refractivity contribution >= 4 is 0 Å². The Morgan fingerprint density at radius 3 is 1.42 bits per heavy atom. The van der Waals surface area contributed by atoms with Gasteiger partial charge in [0.25, 0.3) is 0 Å². The predicted molar refractivity (Wildman–Crippen MR) is 151 cm³/mol. The molecule has 0 amide bonds. The van der Waals surface area contributed by atoms with Crippen molar-refractivity contribution in [3.63, 3.8) is 0 Å². The van der Waals surface area contributed by atoms with Crippen molar-refractivity contribution in [3.05, 3.63) is 71.8 Å². The molecule has 8 heteroatoms. The zero-order valence-corrected chi connectivity index (χ0v) is 22.9. The van der Waals surface area contributed by atoms with Gasteiger partial charge >= 0.3 is 0 Å². The molecule has 0 aromatic heterocycles. The van der Waals surface area contributed by atoms with Crippen molar-refractivity contribution in [2.24, 2.45) is 0 Å². The highest BCUT2D eigenvalue weighted by Gasteiger charge is 2.19. The minimum Gasteiger partial charge on any atom is -0.507 e.